The Morgan fingerprint density at radius 1 is 0.808 bits per heavy atom. The monoisotopic (exact) mass is 346 g/mol. The Hall–Kier alpha value is -3.11. The maximum Gasteiger partial charge on any atom is 0.119 e. The molecule has 0 atom stereocenters. The second-order valence-electron chi connectivity index (χ2n) is 5.92. The van der Waals surface area contributed by atoms with E-state index in [2.05, 4.69) is 47.5 Å². The first-order valence-electron chi connectivity index (χ1n) is 8.61. The summed E-state index contributed by atoms with van der Waals surface area (Å²) in [7, 11) is 0. The maximum atomic E-state index is 8.51. The van der Waals surface area contributed by atoms with Crippen LogP contribution in [0.4, 0.5) is 5.69 Å². The summed E-state index contributed by atoms with van der Waals surface area (Å²) in [5, 5.41) is 8.51. The van der Waals surface area contributed by atoms with Crippen molar-refractivity contribution in [2.24, 2.45) is 4.99 Å². The summed E-state index contributed by atoms with van der Waals surface area (Å²) in [6, 6.07) is 26.3. The number of aryl methyl sites for hydroxylation is 2. The van der Waals surface area contributed by atoms with Crippen LogP contribution < -0.4 is 10.2 Å². The van der Waals surface area contributed by atoms with Crippen molar-refractivity contribution in [2.75, 3.05) is 0 Å². The molecule has 0 heterocycles. The number of aliphatic imine (C=N–C) groups is 1. The minimum Gasteiger partial charge on any atom is -0.489 e. The average Bonchev–Trinajstić information content (AvgIpc) is 2.71. The van der Waals surface area contributed by atoms with Crippen LogP contribution in [0.15, 0.2) is 83.9 Å². The van der Waals surface area contributed by atoms with E-state index >= 15 is 0 Å². The second-order valence-corrected chi connectivity index (χ2v) is 5.92. The van der Waals surface area contributed by atoms with Crippen molar-refractivity contribution in [2.45, 2.75) is 19.4 Å². The molecule has 0 aromatic heterocycles. The van der Waals surface area contributed by atoms with Gasteiger partial charge in [0.15, 0.2) is 0 Å². The van der Waals surface area contributed by atoms with Crippen molar-refractivity contribution in [1.29, 1.82) is 0 Å². The number of rotatable bonds is 8. The lowest BCUT2D eigenvalue weighted by molar-refractivity contribution is 0.240. The third-order valence-corrected chi connectivity index (χ3v) is 4.15. The van der Waals surface area contributed by atoms with Crippen molar-refractivity contribution in [3.63, 3.8) is 0 Å². The normalized spacial score (nSPS) is 10.8. The van der Waals surface area contributed by atoms with E-state index in [9.17, 15) is 0 Å². The largest absolute Gasteiger partial charge is 0.489 e. The maximum absolute atomic E-state index is 8.51. The molecular weight excluding hydrogens is 324 g/mol. The molecule has 3 aromatic rings. The van der Waals surface area contributed by atoms with Gasteiger partial charge in [0.25, 0.3) is 0 Å². The van der Waals surface area contributed by atoms with E-state index in [4.69, 9.17) is 9.94 Å². The summed E-state index contributed by atoms with van der Waals surface area (Å²) in [6.07, 6.45) is 3.23. The molecule has 2 N–H and O–H groups in total. The molecule has 0 amide bonds. The molecule has 3 aromatic carbocycles. The molecule has 0 aliphatic rings. The Morgan fingerprint density at radius 2 is 1.50 bits per heavy atom. The molecule has 4 heteroatoms. The second kappa shape index (κ2) is 9.39. The van der Waals surface area contributed by atoms with E-state index in [1.165, 1.54) is 23.0 Å². The first kappa shape index (κ1) is 17.7. The van der Waals surface area contributed by atoms with Gasteiger partial charge in [-0.1, -0.05) is 54.6 Å². The summed E-state index contributed by atoms with van der Waals surface area (Å²) in [6.45, 7) is 0.534. The third kappa shape index (κ3) is 5.19. The highest BCUT2D eigenvalue weighted by Crippen LogP contribution is 2.20. The number of ether oxygens (including phenoxy) is 1. The highest BCUT2D eigenvalue weighted by atomic mass is 16.5. The quantitative estimate of drug-likeness (QED) is 0.353. The van der Waals surface area contributed by atoms with Gasteiger partial charge < -0.3 is 4.74 Å². The van der Waals surface area contributed by atoms with Crippen LogP contribution in [0.5, 0.6) is 5.75 Å². The molecule has 0 saturated carbocycles. The smallest absolute Gasteiger partial charge is 0.119 e. The fourth-order valence-electron chi connectivity index (χ4n) is 2.76. The van der Waals surface area contributed by atoms with E-state index in [0.29, 0.717) is 6.61 Å². The highest BCUT2D eigenvalue weighted by molar-refractivity contribution is 5.59. The molecular formula is C22H22N2O2. The van der Waals surface area contributed by atoms with Crippen LogP contribution in [0, 0.1) is 0 Å². The van der Waals surface area contributed by atoms with Crippen LogP contribution in [0.25, 0.3) is 0 Å². The summed E-state index contributed by atoms with van der Waals surface area (Å²) < 4.78 is 5.93. The molecule has 0 radical (unpaired) electrons. The molecule has 0 aliphatic carbocycles. The summed E-state index contributed by atoms with van der Waals surface area (Å²) >= 11 is 0. The molecule has 0 bridgehead atoms. The Labute approximate surface area is 153 Å². The van der Waals surface area contributed by atoms with Crippen LogP contribution in [-0.4, -0.2) is 11.5 Å². The van der Waals surface area contributed by atoms with E-state index in [1.807, 2.05) is 41.9 Å². The van der Waals surface area contributed by atoms with Crippen molar-refractivity contribution in [3.8, 4) is 5.75 Å². The lowest BCUT2D eigenvalue weighted by Gasteiger charge is -2.11. The van der Waals surface area contributed by atoms with E-state index in [-0.39, 0.29) is 0 Å². The van der Waals surface area contributed by atoms with Gasteiger partial charge in [-0.15, -0.1) is 0 Å². The predicted octanol–water partition coefficient (Wildman–Crippen LogP) is 4.69. The molecule has 0 saturated heterocycles. The Balaban J connectivity index is 1.60. The number of benzene rings is 3. The fourth-order valence-corrected chi connectivity index (χ4v) is 2.76. The van der Waals surface area contributed by atoms with Crippen LogP contribution in [0.3, 0.4) is 0 Å². The van der Waals surface area contributed by atoms with E-state index in [0.717, 1.165) is 24.3 Å². The van der Waals surface area contributed by atoms with Crippen molar-refractivity contribution >= 4 is 12.0 Å². The number of hydrogen-bond donors (Lipinski definition) is 2. The lowest BCUT2D eigenvalue weighted by atomic mass is 10.0. The van der Waals surface area contributed by atoms with Gasteiger partial charge in [-0.2, -0.15) is 0 Å². The van der Waals surface area contributed by atoms with Crippen LogP contribution in [0.1, 0.15) is 16.7 Å². The van der Waals surface area contributed by atoms with Gasteiger partial charge in [0, 0.05) is 0 Å². The van der Waals surface area contributed by atoms with Gasteiger partial charge >= 0.3 is 0 Å². The van der Waals surface area contributed by atoms with Crippen LogP contribution >= 0.6 is 0 Å². The first-order chi connectivity index (χ1) is 12.8. The summed E-state index contributed by atoms with van der Waals surface area (Å²) in [4.78, 5) is 4.01. The topological polar surface area (TPSA) is 53.8 Å². The molecule has 0 unspecified atom stereocenters. The van der Waals surface area contributed by atoms with Gasteiger partial charge in [0.05, 0.1) is 5.69 Å². The number of nitrogens with zero attached hydrogens (tertiary/aromatic N) is 1. The van der Waals surface area contributed by atoms with Crippen LogP contribution in [-0.2, 0) is 19.4 Å². The van der Waals surface area contributed by atoms with Crippen molar-refractivity contribution < 1.29 is 9.94 Å². The first-order valence-corrected chi connectivity index (χ1v) is 8.61. The van der Waals surface area contributed by atoms with E-state index in [1.54, 1.807) is 0 Å². The fraction of sp³-hybridized carbons (Fsp3) is 0.136. The van der Waals surface area contributed by atoms with Gasteiger partial charge in [-0.05, 0) is 53.8 Å². The molecule has 26 heavy (non-hydrogen) atoms. The minimum atomic E-state index is 0.534. The van der Waals surface area contributed by atoms with Gasteiger partial charge in [0.1, 0.15) is 18.7 Å². The molecule has 132 valence electrons. The van der Waals surface area contributed by atoms with Crippen molar-refractivity contribution in [3.05, 3.63) is 95.6 Å². The molecule has 0 aliphatic heterocycles. The highest BCUT2D eigenvalue weighted by Gasteiger charge is 2.04. The summed E-state index contributed by atoms with van der Waals surface area (Å²) in [5.74, 6) is 0.791. The standard InChI is InChI=1S/C22H22N2O2/c25-24-17-23-21-12-14-22(15-13-21)26-16-20-9-5-4-8-19(20)11-10-18-6-2-1-3-7-18/h1-9,12-15,17,25H,10-11,16H2,(H,23,24). The summed E-state index contributed by atoms with van der Waals surface area (Å²) in [5.41, 5.74) is 6.48. The zero-order valence-corrected chi connectivity index (χ0v) is 14.5. The Bertz CT molecular complexity index is 830. The van der Waals surface area contributed by atoms with Gasteiger partial charge in [-0.3, -0.25) is 10.7 Å². The lowest BCUT2D eigenvalue weighted by Crippen LogP contribution is -2.02. The zero-order valence-electron chi connectivity index (χ0n) is 14.5. The van der Waals surface area contributed by atoms with E-state index < -0.39 is 0 Å². The average molecular weight is 346 g/mol. The number of nitrogens with one attached hydrogen (secondary N) is 1. The molecule has 3 rings (SSSR count). The number of hydrogen-bond acceptors (Lipinski definition) is 3. The van der Waals surface area contributed by atoms with Gasteiger partial charge in [0.2, 0.25) is 0 Å². The van der Waals surface area contributed by atoms with Crippen LogP contribution in [0.2, 0.25) is 0 Å². The minimum absolute atomic E-state index is 0.534. The number of hydroxylamine groups is 1. The Morgan fingerprint density at radius 3 is 2.23 bits per heavy atom. The van der Waals surface area contributed by atoms with Crippen molar-refractivity contribution in [1.82, 2.24) is 5.48 Å². The third-order valence-electron chi connectivity index (χ3n) is 4.15. The zero-order chi connectivity index (χ0) is 18.0. The predicted molar refractivity (Wildman–Crippen MR) is 104 cm³/mol. The Kier molecular flexibility index (Phi) is 6.40. The molecule has 0 spiro atoms. The molecule has 0 fully saturated rings. The SMILES string of the molecule is ONC=Nc1ccc(OCc2ccccc2CCc2ccccc2)cc1. The van der Waals surface area contributed by atoms with Gasteiger partial charge in [-0.25, -0.2) is 4.99 Å². The molecule has 4 nitrogen and oxygen atoms in total.